The molecule has 0 saturated carbocycles. The molecule has 2 aliphatic rings. The number of nitrogens with one attached hydrogen (secondary N) is 2. The van der Waals surface area contributed by atoms with Gasteiger partial charge in [0.05, 0.1) is 6.54 Å². The fourth-order valence-electron chi connectivity index (χ4n) is 3.03. The number of nitrogens with zero attached hydrogens (tertiary/aromatic N) is 1. The van der Waals surface area contributed by atoms with Crippen molar-refractivity contribution in [3.05, 3.63) is 0 Å². The molecular weight excluding hydrogens is 270 g/mol. The summed E-state index contributed by atoms with van der Waals surface area (Å²) in [5, 5.41) is 6.59. The molecule has 2 aliphatic heterocycles. The molecule has 116 valence electrons. The summed E-state index contributed by atoms with van der Waals surface area (Å²) < 4.78 is 0. The number of carbonyl (C=O) groups excluding carboxylic acids is 1. The highest BCUT2D eigenvalue weighted by molar-refractivity contribution is 7.99. The van der Waals surface area contributed by atoms with E-state index < -0.39 is 0 Å². The molecule has 0 aromatic carbocycles. The minimum absolute atomic E-state index is 0.126. The molecule has 2 heterocycles. The predicted molar refractivity (Wildman–Crippen MR) is 86.2 cm³/mol. The maximum Gasteiger partial charge on any atom is 0.233 e. The second-order valence-electron chi connectivity index (χ2n) is 6.76. The first-order chi connectivity index (χ1) is 9.51. The van der Waals surface area contributed by atoms with E-state index in [1.165, 1.54) is 17.9 Å². The van der Waals surface area contributed by atoms with Crippen molar-refractivity contribution in [1.29, 1.82) is 0 Å². The highest BCUT2D eigenvalue weighted by Gasteiger charge is 2.34. The third-order valence-corrected chi connectivity index (χ3v) is 5.85. The van der Waals surface area contributed by atoms with Crippen LogP contribution in [0.25, 0.3) is 0 Å². The van der Waals surface area contributed by atoms with Gasteiger partial charge < -0.3 is 10.6 Å². The number of piperidine rings is 1. The summed E-state index contributed by atoms with van der Waals surface area (Å²) >= 11 is 2.08. The molecule has 2 N–H and O–H groups in total. The van der Waals surface area contributed by atoms with Crippen LogP contribution in [0.1, 0.15) is 33.1 Å². The number of amides is 1. The Hall–Kier alpha value is -0.260. The van der Waals surface area contributed by atoms with Gasteiger partial charge in [-0.15, -0.1) is 0 Å². The Morgan fingerprint density at radius 3 is 2.65 bits per heavy atom. The third kappa shape index (κ3) is 4.37. The number of hydrogen-bond acceptors (Lipinski definition) is 4. The van der Waals surface area contributed by atoms with Gasteiger partial charge >= 0.3 is 0 Å². The van der Waals surface area contributed by atoms with Crippen molar-refractivity contribution in [2.24, 2.45) is 5.41 Å². The fourth-order valence-corrected chi connectivity index (χ4v) is 4.65. The van der Waals surface area contributed by atoms with E-state index in [-0.39, 0.29) is 5.91 Å². The van der Waals surface area contributed by atoms with Crippen LogP contribution in [0, 0.1) is 5.41 Å². The van der Waals surface area contributed by atoms with Gasteiger partial charge in [-0.05, 0) is 30.4 Å². The van der Waals surface area contributed by atoms with Crippen LogP contribution in [0.5, 0.6) is 0 Å². The van der Waals surface area contributed by atoms with E-state index in [4.69, 9.17) is 0 Å². The minimum Gasteiger partial charge on any atom is -0.358 e. The van der Waals surface area contributed by atoms with Crippen molar-refractivity contribution in [3.8, 4) is 0 Å². The van der Waals surface area contributed by atoms with Crippen molar-refractivity contribution >= 4 is 17.7 Å². The van der Waals surface area contributed by atoms with Gasteiger partial charge in [-0.1, -0.05) is 13.8 Å². The molecule has 0 aromatic heterocycles. The molecule has 0 aromatic rings. The number of carbonyl (C=O) groups is 1. The maximum absolute atomic E-state index is 11.4. The molecule has 20 heavy (non-hydrogen) atoms. The van der Waals surface area contributed by atoms with Crippen molar-refractivity contribution in [2.75, 3.05) is 38.2 Å². The van der Waals surface area contributed by atoms with E-state index in [0.29, 0.717) is 24.0 Å². The first-order valence-electron chi connectivity index (χ1n) is 7.78. The van der Waals surface area contributed by atoms with Gasteiger partial charge in [0, 0.05) is 38.0 Å². The predicted octanol–water partition coefficient (Wildman–Crippen LogP) is 1.32. The Morgan fingerprint density at radius 1 is 1.35 bits per heavy atom. The number of likely N-dealkylation sites (tertiary alicyclic amines) is 1. The fraction of sp³-hybridized carbons (Fsp3) is 0.933. The molecule has 2 fully saturated rings. The van der Waals surface area contributed by atoms with Gasteiger partial charge in [0.25, 0.3) is 0 Å². The Balaban J connectivity index is 1.75. The summed E-state index contributed by atoms with van der Waals surface area (Å²) in [6, 6.07) is 1.26. The summed E-state index contributed by atoms with van der Waals surface area (Å²) in [7, 11) is 1.71. The normalized spacial score (nSPS) is 28.2. The van der Waals surface area contributed by atoms with E-state index in [1.54, 1.807) is 7.05 Å². The largest absolute Gasteiger partial charge is 0.358 e. The van der Waals surface area contributed by atoms with Crippen LogP contribution in [0.15, 0.2) is 0 Å². The van der Waals surface area contributed by atoms with Crippen LogP contribution in [0.4, 0.5) is 0 Å². The average molecular weight is 299 g/mol. The zero-order chi connectivity index (χ0) is 14.6. The van der Waals surface area contributed by atoms with Crippen LogP contribution in [0.3, 0.4) is 0 Å². The Kier molecular flexibility index (Phi) is 5.75. The molecule has 4 nitrogen and oxygen atoms in total. The van der Waals surface area contributed by atoms with E-state index in [2.05, 4.69) is 41.1 Å². The third-order valence-electron chi connectivity index (χ3n) is 4.79. The molecule has 5 heteroatoms. The molecular formula is C15H29N3OS. The van der Waals surface area contributed by atoms with Crippen molar-refractivity contribution in [2.45, 2.75) is 45.2 Å². The minimum atomic E-state index is 0.126. The maximum atomic E-state index is 11.4. The lowest BCUT2D eigenvalue weighted by atomic mass is 9.81. The molecule has 1 atom stereocenters. The Bertz CT molecular complexity index is 327. The highest BCUT2D eigenvalue weighted by Crippen LogP contribution is 2.34. The van der Waals surface area contributed by atoms with Crippen LogP contribution in [-0.2, 0) is 4.79 Å². The number of thioether (sulfide) groups is 1. The smallest absolute Gasteiger partial charge is 0.233 e. The van der Waals surface area contributed by atoms with E-state index in [0.717, 1.165) is 25.9 Å². The molecule has 0 radical (unpaired) electrons. The number of rotatable bonds is 4. The summed E-state index contributed by atoms with van der Waals surface area (Å²) in [4.78, 5) is 13.7. The van der Waals surface area contributed by atoms with Crippen molar-refractivity contribution < 1.29 is 4.79 Å². The van der Waals surface area contributed by atoms with E-state index in [9.17, 15) is 4.79 Å². The van der Waals surface area contributed by atoms with Crippen LogP contribution >= 0.6 is 11.8 Å². The second kappa shape index (κ2) is 7.14. The van der Waals surface area contributed by atoms with Gasteiger partial charge in [-0.3, -0.25) is 9.69 Å². The average Bonchev–Trinajstić information content (AvgIpc) is 2.43. The zero-order valence-electron chi connectivity index (χ0n) is 13.1. The molecule has 1 amide bonds. The highest BCUT2D eigenvalue weighted by atomic mass is 32.2. The molecule has 2 saturated heterocycles. The van der Waals surface area contributed by atoms with E-state index in [1.807, 2.05) is 0 Å². The second-order valence-corrected chi connectivity index (χ2v) is 7.91. The van der Waals surface area contributed by atoms with Crippen LogP contribution in [0.2, 0.25) is 0 Å². The lowest BCUT2D eigenvalue weighted by Crippen LogP contribution is -2.54. The van der Waals surface area contributed by atoms with E-state index >= 15 is 0 Å². The van der Waals surface area contributed by atoms with Gasteiger partial charge in [0.2, 0.25) is 5.91 Å². The SMILES string of the molecule is CNC(=O)CN1CCC(NC2CSCCC2(C)C)CC1. The lowest BCUT2D eigenvalue weighted by Gasteiger charge is -2.42. The first kappa shape index (κ1) is 16.1. The monoisotopic (exact) mass is 299 g/mol. The Labute approximate surface area is 127 Å². The number of likely N-dealkylation sites (N-methyl/N-ethyl adjacent to an activating group) is 1. The Morgan fingerprint density at radius 2 is 2.05 bits per heavy atom. The van der Waals surface area contributed by atoms with Crippen LogP contribution < -0.4 is 10.6 Å². The molecule has 0 aliphatic carbocycles. The lowest BCUT2D eigenvalue weighted by molar-refractivity contribution is -0.122. The summed E-state index contributed by atoms with van der Waals surface area (Å²) in [5.74, 6) is 2.67. The molecule has 0 bridgehead atoms. The van der Waals surface area contributed by atoms with Crippen LogP contribution in [-0.4, -0.2) is 61.1 Å². The van der Waals surface area contributed by atoms with Crippen molar-refractivity contribution in [3.63, 3.8) is 0 Å². The van der Waals surface area contributed by atoms with Gasteiger partial charge in [0.1, 0.15) is 0 Å². The van der Waals surface area contributed by atoms with Crippen molar-refractivity contribution in [1.82, 2.24) is 15.5 Å². The summed E-state index contributed by atoms with van der Waals surface area (Å²) in [5.41, 5.74) is 0.421. The number of hydrogen-bond donors (Lipinski definition) is 2. The summed E-state index contributed by atoms with van der Waals surface area (Å²) in [6.45, 7) is 7.40. The topological polar surface area (TPSA) is 44.4 Å². The molecule has 1 unspecified atom stereocenters. The standard InChI is InChI=1S/C15H29N3OS/c1-15(2)6-9-20-11-13(15)17-12-4-7-18(8-5-12)10-14(19)16-3/h12-13,17H,4-11H2,1-3H3,(H,16,19). The summed E-state index contributed by atoms with van der Waals surface area (Å²) in [6.07, 6.45) is 3.63. The molecule has 2 rings (SSSR count). The van der Waals surface area contributed by atoms with Gasteiger partial charge in [-0.25, -0.2) is 0 Å². The van der Waals surface area contributed by atoms with Gasteiger partial charge in [-0.2, -0.15) is 11.8 Å². The van der Waals surface area contributed by atoms with Gasteiger partial charge in [0.15, 0.2) is 0 Å². The quantitative estimate of drug-likeness (QED) is 0.822. The first-order valence-corrected chi connectivity index (χ1v) is 8.93. The zero-order valence-corrected chi connectivity index (χ0v) is 13.9. The molecule has 0 spiro atoms.